The molecule has 4 aromatic rings. The van der Waals surface area contributed by atoms with Crippen LogP contribution in [0.15, 0.2) is 83.9 Å². The number of rotatable bonds is 8. The summed E-state index contributed by atoms with van der Waals surface area (Å²) in [7, 11) is -1.09. The Hall–Kier alpha value is -3.62. The van der Waals surface area contributed by atoms with Gasteiger partial charge in [0.05, 0.1) is 7.11 Å². The molecule has 7 nitrogen and oxygen atoms in total. The van der Waals surface area contributed by atoms with Gasteiger partial charge >= 0.3 is 0 Å². The van der Waals surface area contributed by atoms with Crippen molar-refractivity contribution in [2.45, 2.75) is 10.8 Å². The molecule has 1 atom stereocenters. The molecular weight excluding hydrogens is 438 g/mol. The topological polar surface area (TPSA) is 100 Å². The van der Waals surface area contributed by atoms with Crippen LogP contribution in [-0.2, 0) is 10.0 Å². The van der Waals surface area contributed by atoms with Crippen LogP contribution in [0.2, 0.25) is 0 Å². The van der Waals surface area contributed by atoms with Gasteiger partial charge in [0.15, 0.2) is 0 Å². The summed E-state index contributed by atoms with van der Waals surface area (Å²) in [5.74, 6) is -0.294. The molecule has 33 heavy (non-hydrogen) atoms. The number of aromatic nitrogens is 1. The number of ether oxygens (including phenoxy) is 1. The highest BCUT2D eigenvalue weighted by atomic mass is 32.2. The van der Waals surface area contributed by atoms with Crippen molar-refractivity contribution in [3.63, 3.8) is 0 Å². The van der Waals surface area contributed by atoms with Gasteiger partial charge in [0.1, 0.15) is 10.6 Å². The lowest BCUT2D eigenvalue weighted by Gasteiger charge is -2.18. The van der Waals surface area contributed by atoms with Crippen LogP contribution >= 0.6 is 0 Å². The van der Waals surface area contributed by atoms with Crippen molar-refractivity contribution in [2.75, 3.05) is 20.7 Å². The highest BCUT2D eigenvalue weighted by Crippen LogP contribution is 2.31. The third-order valence-corrected chi connectivity index (χ3v) is 7.08. The van der Waals surface area contributed by atoms with Crippen LogP contribution in [0.5, 0.6) is 5.75 Å². The van der Waals surface area contributed by atoms with Crippen LogP contribution in [0.4, 0.5) is 0 Å². The molecule has 170 valence electrons. The van der Waals surface area contributed by atoms with Crippen LogP contribution < -0.4 is 14.8 Å². The van der Waals surface area contributed by atoms with E-state index in [0.29, 0.717) is 6.54 Å². The molecule has 0 fully saturated rings. The van der Waals surface area contributed by atoms with E-state index >= 15 is 0 Å². The summed E-state index contributed by atoms with van der Waals surface area (Å²) in [6.45, 7) is 0.338. The fourth-order valence-electron chi connectivity index (χ4n) is 3.91. The van der Waals surface area contributed by atoms with E-state index in [-0.39, 0.29) is 28.0 Å². The zero-order valence-electron chi connectivity index (χ0n) is 18.3. The number of carbonyl (C=O) groups excluding carboxylic acids is 1. The number of carbonyl (C=O) groups is 1. The summed E-state index contributed by atoms with van der Waals surface area (Å²) in [6.07, 6.45) is 1.97. The standard InChI is InChI=1S/C25H25N3O4S/c1-26-33(30,31)24-14-18(12-13-23(24)32-2)25(29)28-15-20(17-8-4-3-5-9-17)21-16-27-22-11-7-6-10-19(21)22/h3-14,16,20,26-27H,15H2,1-2H3,(H,28,29). The Balaban J connectivity index is 1.64. The van der Waals surface area contributed by atoms with Crippen molar-refractivity contribution < 1.29 is 17.9 Å². The van der Waals surface area contributed by atoms with E-state index in [2.05, 4.69) is 21.1 Å². The first kappa shape index (κ1) is 22.6. The van der Waals surface area contributed by atoms with Gasteiger partial charge in [0.2, 0.25) is 10.0 Å². The Bertz CT molecular complexity index is 1380. The zero-order valence-corrected chi connectivity index (χ0v) is 19.1. The number of nitrogens with one attached hydrogen (secondary N) is 3. The van der Waals surface area contributed by atoms with Gasteiger partial charge in [-0.2, -0.15) is 0 Å². The van der Waals surface area contributed by atoms with E-state index in [0.717, 1.165) is 22.0 Å². The third-order valence-electron chi connectivity index (χ3n) is 5.65. The second-order valence-electron chi connectivity index (χ2n) is 7.54. The number of hydrogen-bond acceptors (Lipinski definition) is 4. The number of fused-ring (bicyclic) bond motifs is 1. The maximum atomic E-state index is 13.0. The Morgan fingerprint density at radius 1 is 1.03 bits per heavy atom. The van der Waals surface area contributed by atoms with Gasteiger partial charge in [-0.25, -0.2) is 13.1 Å². The Kier molecular flexibility index (Phi) is 6.48. The summed E-state index contributed by atoms with van der Waals surface area (Å²) in [5.41, 5.74) is 3.40. The van der Waals surface area contributed by atoms with Gasteiger partial charge in [-0.05, 0) is 42.4 Å². The Morgan fingerprint density at radius 3 is 2.48 bits per heavy atom. The van der Waals surface area contributed by atoms with Crippen molar-refractivity contribution in [3.8, 4) is 5.75 Å². The van der Waals surface area contributed by atoms with Crippen LogP contribution in [0.1, 0.15) is 27.4 Å². The molecule has 0 saturated carbocycles. The van der Waals surface area contributed by atoms with Crippen LogP contribution in [0.3, 0.4) is 0 Å². The lowest BCUT2D eigenvalue weighted by Crippen LogP contribution is -2.29. The lowest BCUT2D eigenvalue weighted by molar-refractivity contribution is 0.0952. The second-order valence-corrected chi connectivity index (χ2v) is 9.39. The summed E-state index contributed by atoms with van der Waals surface area (Å²) >= 11 is 0. The monoisotopic (exact) mass is 463 g/mol. The van der Waals surface area contributed by atoms with E-state index < -0.39 is 10.0 Å². The number of benzene rings is 3. The van der Waals surface area contributed by atoms with E-state index in [1.165, 1.54) is 26.3 Å². The van der Waals surface area contributed by atoms with E-state index in [4.69, 9.17) is 4.74 Å². The molecule has 0 radical (unpaired) electrons. The fourth-order valence-corrected chi connectivity index (χ4v) is 4.83. The predicted octanol–water partition coefficient (Wildman–Crippen LogP) is 3.65. The molecule has 0 bridgehead atoms. The fraction of sp³-hybridized carbons (Fsp3) is 0.160. The van der Waals surface area contributed by atoms with E-state index in [9.17, 15) is 13.2 Å². The third kappa shape index (κ3) is 4.62. The second kappa shape index (κ2) is 9.48. The summed E-state index contributed by atoms with van der Waals surface area (Å²) in [5, 5.41) is 4.07. The minimum absolute atomic E-state index is 0.0867. The summed E-state index contributed by atoms with van der Waals surface area (Å²) < 4.78 is 32.1. The molecule has 8 heteroatoms. The molecular formula is C25H25N3O4S. The average molecular weight is 464 g/mol. The number of amides is 1. The van der Waals surface area contributed by atoms with Crippen LogP contribution in [0, 0.1) is 0 Å². The molecule has 3 aromatic carbocycles. The number of hydrogen-bond donors (Lipinski definition) is 3. The van der Waals surface area contributed by atoms with Crippen molar-refractivity contribution in [1.82, 2.24) is 15.0 Å². The quantitative estimate of drug-likeness (QED) is 0.371. The molecule has 3 N–H and O–H groups in total. The van der Waals surface area contributed by atoms with Crippen LogP contribution in [0.25, 0.3) is 10.9 Å². The van der Waals surface area contributed by atoms with Crippen LogP contribution in [-0.4, -0.2) is 40.0 Å². The number of H-pyrrole nitrogens is 1. The zero-order chi connectivity index (χ0) is 23.4. The maximum absolute atomic E-state index is 13.0. The number of sulfonamides is 1. The molecule has 1 unspecified atom stereocenters. The van der Waals surface area contributed by atoms with Crippen molar-refractivity contribution >= 4 is 26.8 Å². The van der Waals surface area contributed by atoms with Gasteiger partial charge in [-0.15, -0.1) is 0 Å². The Labute approximate surface area is 192 Å². The summed E-state index contributed by atoms with van der Waals surface area (Å²) in [4.78, 5) is 16.2. The molecule has 0 aliphatic rings. The first-order valence-electron chi connectivity index (χ1n) is 10.5. The minimum Gasteiger partial charge on any atom is -0.495 e. The van der Waals surface area contributed by atoms with Gasteiger partial charge in [0, 0.05) is 35.1 Å². The number of aromatic amines is 1. The number of methoxy groups -OCH3 is 1. The van der Waals surface area contributed by atoms with Crippen molar-refractivity contribution in [3.05, 3.63) is 95.7 Å². The molecule has 0 saturated heterocycles. The molecule has 0 aliphatic heterocycles. The van der Waals surface area contributed by atoms with Crippen molar-refractivity contribution in [1.29, 1.82) is 0 Å². The highest BCUT2D eigenvalue weighted by molar-refractivity contribution is 7.89. The molecule has 1 aromatic heterocycles. The maximum Gasteiger partial charge on any atom is 0.251 e. The van der Waals surface area contributed by atoms with E-state index in [1.54, 1.807) is 6.07 Å². The van der Waals surface area contributed by atoms with Gasteiger partial charge in [-0.1, -0.05) is 48.5 Å². The predicted molar refractivity (Wildman–Crippen MR) is 128 cm³/mol. The SMILES string of the molecule is CNS(=O)(=O)c1cc(C(=O)NCC(c2ccccc2)c2c[nH]c3ccccc23)ccc1OC. The smallest absolute Gasteiger partial charge is 0.251 e. The molecule has 0 spiro atoms. The molecule has 0 aliphatic carbocycles. The molecule has 1 amide bonds. The van der Waals surface area contributed by atoms with Crippen molar-refractivity contribution in [2.24, 2.45) is 0 Å². The highest BCUT2D eigenvalue weighted by Gasteiger charge is 2.22. The normalized spacial score (nSPS) is 12.4. The first-order chi connectivity index (χ1) is 15.9. The average Bonchev–Trinajstić information content (AvgIpc) is 3.28. The largest absolute Gasteiger partial charge is 0.495 e. The van der Waals surface area contributed by atoms with E-state index in [1.807, 2.05) is 54.7 Å². The molecule has 1 heterocycles. The minimum atomic E-state index is -3.79. The molecule has 4 rings (SSSR count). The lowest BCUT2D eigenvalue weighted by atomic mass is 9.91. The van der Waals surface area contributed by atoms with Gasteiger partial charge in [0.25, 0.3) is 5.91 Å². The number of para-hydroxylation sites is 1. The summed E-state index contributed by atoms with van der Waals surface area (Å²) in [6, 6.07) is 22.3. The Morgan fingerprint density at radius 2 is 1.76 bits per heavy atom. The first-order valence-corrected chi connectivity index (χ1v) is 11.9. The van der Waals surface area contributed by atoms with Gasteiger partial charge in [-0.3, -0.25) is 4.79 Å². The van der Waals surface area contributed by atoms with Gasteiger partial charge < -0.3 is 15.0 Å².